The van der Waals surface area contributed by atoms with Gasteiger partial charge in [0.05, 0.1) is 22.7 Å². The predicted molar refractivity (Wildman–Crippen MR) is 86.6 cm³/mol. The average Bonchev–Trinajstić information content (AvgIpc) is 2.79. The van der Waals surface area contributed by atoms with Crippen LogP contribution in [0.3, 0.4) is 0 Å². The van der Waals surface area contributed by atoms with Crippen molar-refractivity contribution in [3.63, 3.8) is 0 Å². The third-order valence-electron chi connectivity index (χ3n) is 3.53. The Morgan fingerprint density at radius 2 is 1.95 bits per heavy atom. The van der Waals surface area contributed by atoms with Gasteiger partial charge in [-0.25, -0.2) is 4.79 Å². The molecule has 0 bridgehead atoms. The molecular formula is C16H20N4O2. The van der Waals surface area contributed by atoms with Gasteiger partial charge in [0.25, 0.3) is 0 Å². The number of hydrogen-bond acceptors (Lipinski definition) is 4. The molecule has 2 N–H and O–H groups in total. The molecule has 0 atom stereocenters. The molecule has 0 amide bonds. The van der Waals surface area contributed by atoms with E-state index in [0.717, 1.165) is 34.9 Å². The lowest BCUT2D eigenvalue weighted by atomic mass is 10.1. The van der Waals surface area contributed by atoms with Crippen LogP contribution < -0.4 is 5.43 Å². The first-order chi connectivity index (χ1) is 10.4. The van der Waals surface area contributed by atoms with E-state index in [9.17, 15) is 4.79 Å². The first kappa shape index (κ1) is 15.8. The minimum atomic E-state index is -0.940. The van der Waals surface area contributed by atoms with Crippen molar-refractivity contribution >= 4 is 17.4 Å². The Morgan fingerprint density at radius 3 is 2.45 bits per heavy atom. The highest BCUT2D eigenvalue weighted by Gasteiger charge is 2.13. The summed E-state index contributed by atoms with van der Waals surface area (Å²) in [7, 11) is 0. The third kappa shape index (κ3) is 3.16. The Balaban J connectivity index is 2.19. The fourth-order valence-electron chi connectivity index (χ4n) is 2.42. The van der Waals surface area contributed by atoms with Gasteiger partial charge < -0.3 is 5.11 Å². The topological polar surface area (TPSA) is 79.5 Å². The molecule has 0 fully saturated rings. The van der Waals surface area contributed by atoms with Gasteiger partial charge in [0, 0.05) is 17.8 Å². The number of carboxylic acids is 1. The predicted octanol–water partition coefficient (Wildman–Crippen LogP) is 3.05. The zero-order valence-electron chi connectivity index (χ0n) is 13.2. The summed E-state index contributed by atoms with van der Waals surface area (Å²) in [5.41, 5.74) is 7.86. The molecule has 0 saturated carbocycles. The van der Waals surface area contributed by atoms with Gasteiger partial charge in [-0.05, 0) is 52.0 Å². The Bertz CT molecular complexity index is 714. The summed E-state index contributed by atoms with van der Waals surface area (Å²) >= 11 is 0. The minimum Gasteiger partial charge on any atom is -0.478 e. The van der Waals surface area contributed by atoms with Crippen molar-refractivity contribution in [2.75, 3.05) is 5.43 Å². The first-order valence-electron chi connectivity index (χ1n) is 7.12. The number of nitrogens with zero attached hydrogens (tertiary/aromatic N) is 3. The lowest BCUT2D eigenvalue weighted by Crippen LogP contribution is -2.04. The van der Waals surface area contributed by atoms with Gasteiger partial charge in [0.2, 0.25) is 0 Å². The highest BCUT2D eigenvalue weighted by Crippen LogP contribution is 2.15. The Hall–Kier alpha value is -2.63. The number of hydrogen-bond donors (Lipinski definition) is 2. The van der Waals surface area contributed by atoms with Crippen LogP contribution in [0.25, 0.3) is 0 Å². The van der Waals surface area contributed by atoms with E-state index in [2.05, 4.69) is 22.5 Å². The summed E-state index contributed by atoms with van der Waals surface area (Å²) in [6, 6.07) is 6.47. The van der Waals surface area contributed by atoms with Crippen LogP contribution in [0.4, 0.5) is 5.69 Å². The zero-order chi connectivity index (χ0) is 16.3. The van der Waals surface area contributed by atoms with E-state index in [0.29, 0.717) is 0 Å². The average molecular weight is 300 g/mol. The summed E-state index contributed by atoms with van der Waals surface area (Å²) in [4.78, 5) is 10.8. The molecule has 0 spiro atoms. The van der Waals surface area contributed by atoms with Crippen molar-refractivity contribution in [3.05, 3.63) is 46.8 Å². The van der Waals surface area contributed by atoms with Crippen molar-refractivity contribution in [2.45, 2.75) is 34.2 Å². The number of carbonyl (C=O) groups is 1. The summed E-state index contributed by atoms with van der Waals surface area (Å²) in [6.07, 6.45) is 0. The van der Waals surface area contributed by atoms with Crippen LogP contribution in [0, 0.1) is 13.8 Å². The number of aryl methyl sites for hydroxylation is 2. The summed E-state index contributed by atoms with van der Waals surface area (Å²) in [5, 5.41) is 17.7. The zero-order valence-corrected chi connectivity index (χ0v) is 13.2. The number of aromatic carboxylic acids is 1. The SMILES string of the molecule is CCn1nc(C)c(/C(C)=N/Nc2ccc(C(=O)O)cc2)c1C. The molecule has 2 aromatic rings. The highest BCUT2D eigenvalue weighted by atomic mass is 16.4. The minimum absolute atomic E-state index is 0.252. The van der Waals surface area contributed by atoms with E-state index in [1.165, 1.54) is 0 Å². The largest absolute Gasteiger partial charge is 0.478 e. The number of carboxylic acid groups (broad SMARTS) is 1. The monoisotopic (exact) mass is 300 g/mol. The van der Waals surface area contributed by atoms with E-state index in [1.807, 2.05) is 25.5 Å². The molecule has 0 aliphatic heterocycles. The van der Waals surface area contributed by atoms with Gasteiger partial charge in [-0.2, -0.15) is 10.2 Å². The molecule has 0 radical (unpaired) electrons. The first-order valence-corrected chi connectivity index (χ1v) is 7.12. The second-order valence-electron chi connectivity index (χ2n) is 5.05. The molecule has 0 aliphatic carbocycles. The smallest absolute Gasteiger partial charge is 0.335 e. The lowest BCUT2D eigenvalue weighted by molar-refractivity contribution is 0.0697. The number of anilines is 1. The van der Waals surface area contributed by atoms with Crippen LogP contribution in [0.1, 0.15) is 41.2 Å². The molecule has 6 heteroatoms. The van der Waals surface area contributed by atoms with Crippen molar-refractivity contribution < 1.29 is 9.90 Å². The van der Waals surface area contributed by atoms with Crippen LogP contribution in [-0.4, -0.2) is 26.6 Å². The Labute approximate surface area is 129 Å². The third-order valence-corrected chi connectivity index (χ3v) is 3.53. The van der Waals surface area contributed by atoms with Crippen molar-refractivity contribution in [2.24, 2.45) is 5.10 Å². The number of rotatable bonds is 5. The van der Waals surface area contributed by atoms with Crippen molar-refractivity contribution in [1.29, 1.82) is 0 Å². The highest BCUT2D eigenvalue weighted by molar-refractivity contribution is 6.01. The number of hydrazone groups is 1. The molecule has 1 aromatic carbocycles. The molecule has 0 unspecified atom stereocenters. The maximum absolute atomic E-state index is 10.8. The number of nitrogens with one attached hydrogen (secondary N) is 1. The normalized spacial score (nSPS) is 11.5. The van der Waals surface area contributed by atoms with Crippen LogP contribution in [0.2, 0.25) is 0 Å². The maximum Gasteiger partial charge on any atom is 0.335 e. The fourth-order valence-corrected chi connectivity index (χ4v) is 2.42. The number of aromatic nitrogens is 2. The molecule has 1 heterocycles. The fraction of sp³-hybridized carbons (Fsp3) is 0.312. The van der Waals surface area contributed by atoms with Gasteiger partial charge in [-0.3, -0.25) is 10.1 Å². The van der Waals surface area contributed by atoms with E-state index in [1.54, 1.807) is 24.3 Å². The van der Waals surface area contributed by atoms with Crippen LogP contribution in [0.5, 0.6) is 0 Å². The summed E-state index contributed by atoms with van der Waals surface area (Å²) < 4.78 is 1.95. The van der Waals surface area contributed by atoms with E-state index in [4.69, 9.17) is 5.11 Å². The number of benzene rings is 1. The van der Waals surface area contributed by atoms with E-state index >= 15 is 0 Å². The van der Waals surface area contributed by atoms with Crippen LogP contribution >= 0.6 is 0 Å². The summed E-state index contributed by atoms with van der Waals surface area (Å²) in [5.74, 6) is -0.940. The molecule has 0 aliphatic rings. The van der Waals surface area contributed by atoms with Gasteiger partial charge >= 0.3 is 5.97 Å². The molecule has 6 nitrogen and oxygen atoms in total. The van der Waals surface area contributed by atoms with E-state index in [-0.39, 0.29) is 5.56 Å². The maximum atomic E-state index is 10.8. The lowest BCUT2D eigenvalue weighted by Gasteiger charge is -2.05. The molecular weight excluding hydrogens is 280 g/mol. The summed E-state index contributed by atoms with van der Waals surface area (Å²) in [6.45, 7) is 8.80. The molecule has 116 valence electrons. The van der Waals surface area contributed by atoms with Crippen LogP contribution in [0.15, 0.2) is 29.4 Å². The van der Waals surface area contributed by atoms with Crippen molar-refractivity contribution in [3.8, 4) is 0 Å². The second-order valence-corrected chi connectivity index (χ2v) is 5.05. The van der Waals surface area contributed by atoms with Gasteiger partial charge in [-0.1, -0.05) is 0 Å². The van der Waals surface area contributed by atoms with Crippen LogP contribution in [-0.2, 0) is 6.54 Å². The Morgan fingerprint density at radius 1 is 1.32 bits per heavy atom. The molecule has 1 aromatic heterocycles. The molecule has 2 rings (SSSR count). The standard InChI is InChI=1S/C16H20N4O2/c1-5-20-12(4)15(11(3)19-20)10(2)17-18-14-8-6-13(7-9-14)16(21)22/h6-9,18H,5H2,1-4H3,(H,21,22)/b17-10+. The van der Waals surface area contributed by atoms with Crippen molar-refractivity contribution in [1.82, 2.24) is 9.78 Å². The molecule has 0 saturated heterocycles. The second kappa shape index (κ2) is 6.43. The van der Waals surface area contributed by atoms with E-state index < -0.39 is 5.97 Å². The molecule has 22 heavy (non-hydrogen) atoms. The Kier molecular flexibility index (Phi) is 4.60. The van der Waals surface area contributed by atoms with Gasteiger partial charge in [-0.15, -0.1) is 0 Å². The van der Waals surface area contributed by atoms with Gasteiger partial charge in [0.15, 0.2) is 0 Å². The quantitative estimate of drug-likeness (QED) is 0.657. The van der Waals surface area contributed by atoms with Gasteiger partial charge in [0.1, 0.15) is 0 Å².